The molecular formula is C12H13F5N2O. The predicted molar refractivity (Wildman–Crippen MR) is 61.7 cm³/mol. The van der Waals surface area contributed by atoms with E-state index >= 15 is 0 Å². The van der Waals surface area contributed by atoms with Gasteiger partial charge in [0.05, 0.1) is 0 Å². The van der Waals surface area contributed by atoms with E-state index in [2.05, 4.69) is 5.32 Å². The summed E-state index contributed by atoms with van der Waals surface area (Å²) in [4.78, 5) is 13.3. The van der Waals surface area contributed by atoms with Crippen molar-refractivity contribution in [2.45, 2.75) is 6.42 Å². The molecule has 112 valence electrons. The number of benzene rings is 1. The predicted octanol–water partition coefficient (Wildman–Crippen LogP) is 2.06. The molecule has 1 aromatic carbocycles. The Labute approximate surface area is 112 Å². The monoisotopic (exact) mass is 296 g/mol. The standard InChI is InChI=1S/C12H13F5N2O/c1-19(2)5-3-4-18-12(20)6-7(13)9(15)11(17)10(16)8(6)14/h3-5H2,1-2H3,(H,18,20). The molecule has 0 aliphatic rings. The lowest BCUT2D eigenvalue weighted by Crippen LogP contribution is -2.29. The number of nitrogens with one attached hydrogen (secondary N) is 1. The zero-order chi connectivity index (χ0) is 15.4. The first-order valence-electron chi connectivity index (χ1n) is 5.71. The summed E-state index contributed by atoms with van der Waals surface area (Å²) in [5.41, 5.74) is -1.47. The third-order valence-corrected chi connectivity index (χ3v) is 2.50. The molecule has 0 atom stereocenters. The maximum absolute atomic E-state index is 13.3. The highest BCUT2D eigenvalue weighted by Gasteiger charge is 2.29. The van der Waals surface area contributed by atoms with Crippen molar-refractivity contribution >= 4 is 5.91 Å². The van der Waals surface area contributed by atoms with Gasteiger partial charge in [-0.05, 0) is 27.1 Å². The van der Waals surface area contributed by atoms with Crippen LogP contribution in [-0.4, -0.2) is 38.0 Å². The second-order valence-corrected chi connectivity index (χ2v) is 4.36. The molecule has 1 N–H and O–H groups in total. The van der Waals surface area contributed by atoms with Crippen LogP contribution in [0, 0.1) is 29.1 Å². The van der Waals surface area contributed by atoms with E-state index in [1.807, 2.05) is 4.90 Å². The molecule has 0 aliphatic carbocycles. The number of rotatable bonds is 5. The van der Waals surface area contributed by atoms with Crippen molar-refractivity contribution < 1.29 is 26.7 Å². The van der Waals surface area contributed by atoms with E-state index in [0.717, 1.165) is 0 Å². The van der Waals surface area contributed by atoms with Gasteiger partial charge < -0.3 is 10.2 Å². The lowest BCUT2D eigenvalue weighted by Gasteiger charge is -2.11. The van der Waals surface area contributed by atoms with Crippen LogP contribution in [-0.2, 0) is 0 Å². The molecule has 0 radical (unpaired) electrons. The van der Waals surface area contributed by atoms with Crippen LogP contribution < -0.4 is 5.32 Å². The molecule has 0 aliphatic heterocycles. The van der Waals surface area contributed by atoms with Crippen molar-refractivity contribution in [3.8, 4) is 0 Å². The average Bonchev–Trinajstić information content (AvgIpc) is 2.39. The summed E-state index contributed by atoms with van der Waals surface area (Å²) in [7, 11) is 3.57. The molecule has 0 spiro atoms. The van der Waals surface area contributed by atoms with Gasteiger partial charge in [0.1, 0.15) is 5.56 Å². The topological polar surface area (TPSA) is 32.3 Å². The van der Waals surface area contributed by atoms with Crippen LogP contribution in [0.25, 0.3) is 0 Å². The molecular weight excluding hydrogens is 283 g/mol. The van der Waals surface area contributed by atoms with Gasteiger partial charge in [0.15, 0.2) is 23.3 Å². The van der Waals surface area contributed by atoms with Gasteiger partial charge in [-0.3, -0.25) is 4.79 Å². The van der Waals surface area contributed by atoms with Gasteiger partial charge in [0.25, 0.3) is 5.91 Å². The molecule has 0 fully saturated rings. The lowest BCUT2D eigenvalue weighted by molar-refractivity contribution is 0.0940. The molecule has 1 rings (SSSR count). The molecule has 0 heterocycles. The molecule has 0 saturated heterocycles. The maximum atomic E-state index is 13.3. The number of hydrogen-bond donors (Lipinski definition) is 1. The number of halogens is 5. The summed E-state index contributed by atoms with van der Waals surface area (Å²) in [6.07, 6.45) is 0.466. The van der Waals surface area contributed by atoms with E-state index in [9.17, 15) is 26.7 Å². The Morgan fingerprint density at radius 2 is 1.40 bits per heavy atom. The van der Waals surface area contributed by atoms with Crippen LogP contribution in [0.1, 0.15) is 16.8 Å². The Balaban J connectivity index is 2.89. The number of nitrogens with zero attached hydrogens (tertiary/aromatic N) is 1. The van der Waals surface area contributed by atoms with Crippen molar-refractivity contribution in [2.24, 2.45) is 0 Å². The first-order chi connectivity index (χ1) is 9.27. The Bertz CT molecular complexity index is 490. The number of carbonyl (C=O) groups is 1. The second kappa shape index (κ2) is 6.65. The zero-order valence-electron chi connectivity index (χ0n) is 10.9. The number of carbonyl (C=O) groups excluding carboxylic acids is 1. The third kappa shape index (κ3) is 3.44. The van der Waals surface area contributed by atoms with Gasteiger partial charge in [0.2, 0.25) is 5.82 Å². The minimum absolute atomic E-state index is 0.0521. The Morgan fingerprint density at radius 3 is 1.85 bits per heavy atom. The van der Waals surface area contributed by atoms with Crippen LogP contribution in [0.4, 0.5) is 22.0 Å². The van der Waals surface area contributed by atoms with Gasteiger partial charge in [0, 0.05) is 6.54 Å². The van der Waals surface area contributed by atoms with Gasteiger partial charge >= 0.3 is 0 Å². The van der Waals surface area contributed by atoms with Crippen molar-refractivity contribution in [3.05, 3.63) is 34.6 Å². The van der Waals surface area contributed by atoms with E-state index in [1.165, 1.54) is 0 Å². The van der Waals surface area contributed by atoms with E-state index in [0.29, 0.717) is 13.0 Å². The van der Waals surface area contributed by atoms with Crippen molar-refractivity contribution in [1.29, 1.82) is 0 Å². The zero-order valence-corrected chi connectivity index (χ0v) is 10.9. The summed E-state index contributed by atoms with van der Waals surface area (Å²) < 4.78 is 65.2. The minimum atomic E-state index is -2.29. The molecule has 3 nitrogen and oxygen atoms in total. The Morgan fingerprint density at radius 1 is 0.950 bits per heavy atom. The number of amides is 1. The highest BCUT2D eigenvalue weighted by Crippen LogP contribution is 2.22. The Kier molecular flexibility index (Phi) is 5.43. The van der Waals surface area contributed by atoms with Crippen LogP contribution in [0.3, 0.4) is 0 Å². The summed E-state index contributed by atoms with van der Waals surface area (Å²) in [5.74, 6) is -12.2. The molecule has 20 heavy (non-hydrogen) atoms. The highest BCUT2D eigenvalue weighted by atomic mass is 19.2. The second-order valence-electron chi connectivity index (χ2n) is 4.36. The van der Waals surface area contributed by atoms with E-state index in [-0.39, 0.29) is 6.54 Å². The fraction of sp³-hybridized carbons (Fsp3) is 0.417. The van der Waals surface area contributed by atoms with Gasteiger partial charge in [-0.15, -0.1) is 0 Å². The van der Waals surface area contributed by atoms with E-state index < -0.39 is 40.6 Å². The molecule has 0 bridgehead atoms. The van der Waals surface area contributed by atoms with Gasteiger partial charge in [-0.25, -0.2) is 22.0 Å². The fourth-order valence-electron chi connectivity index (χ4n) is 1.49. The molecule has 8 heteroatoms. The molecule has 0 unspecified atom stereocenters. The minimum Gasteiger partial charge on any atom is -0.352 e. The van der Waals surface area contributed by atoms with Crippen molar-refractivity contribution in [1.82, 2.24) is 10.2 Å². The van der Waals surface area contributed by atoms with E-state index in [4.69, 9.17) is 0 Å². The van der Waals surface area contributed by atoms with Crippen LogP contribution in [0.15, 0.2) is 0 Å². The van der Waals surface area contributed by atoms with Crippen molar-refractivity contribution in [3.63, 3.8) is 0 Å². The normalized spacial score (nSPS) is 11.0. The highest BCUT2D eigenvalue weighted by molar-refractivity contribution is 5.94. The average molecular weight is 296 g/mol. The maximum Gasteiger partial charge on any atom is 0.257 e. The van der Waals surface area contributed by atoms with E-state index in [1.54, 1.807) is 14.1 Å². The molecule has 1 aromatic rings. The van der Waals surface area contributed by atoms with Gasteiger partial charge in [-0.1, -0.05) is 0 Å². The quantitative estimate of drug-likeness (QED) is 0.390. The lowest BCUT2D eigenvalue weighted by atomic mass is 10.1. The van der Waals surface area contributed by atoms with Crippen LogP contribution in [0.2, 0.25) is 0 Å². The molecule has 1 amide bonds. The summed E-state index contributed by atoms with van der Waals surface area (Å²) in [6, 6.07) is 0. The smallest absolute Gasteiger partial charge is 0.257 e. The summed E-state index contributed by atoms with van der Waals surface area (Å²) in [5, 5.41) is 2.11. The Hall–Kier alpha value is -1.70. The summed E-state index contributed by atoms with van der Waals surface area (Å²) in [6.45, 7) is 0.647. The first kappa shape index (κ1) is 16.4. The molecule has 0 aromatic heterocycles. The fourth-order valence-corrected chi connectivity index (χ4v) is 1.49. The largest absolute Gasteiger partial charge is 0.352 e. The molecule has 0 saturated carbocycles. The number of hydrogen-bond acceptors (Lipinski definition) is 2. The third-order valence-electron chi connectivity index (χ3n) is 2.50. The van der Waals surface area contributed by atoms with Crippen LogP contribution >= 0.6 is 0 Å². The summed E-state index contributed by atoms with van der Waals surface area (Å²) >= 11 is 0. The van der Waals surface area contributed by atoms with Crippen LogP contribution in [0.5, 0.6) is 0 Å². The van der Waals surface area contributed by atoms with Gasteiger partial charge in [-0.2, -0.15) is 0 Å². The SMILES string of the molecule is CN(C)CCCNC(=O)c1c(F)c(F)c(F)c(F)c1F. The van der Waals surface area contributed by atoms with Crippen molar-refractivity contribution in [2.75, 3.05) is 27.2 Å². The first-order valence-corrected chi connectivity index (χ1v) is 5.71.